The van der Waals surface area contributed by atoms with Crippen molar-refractivity contribution in [2.24, 2.45) is 5.11 Å². The molecule has 0 aliphatic heterocycles. The Hall–Kier alpha value is -1.67. The van der Waals surface area contributed by atoms with Gasteiger partial charge in [-0.1, -0.05) is 24.2 Å². The summed E-state index contributed by atoms with van der Waals surface area (Å²) < 4.78 is 5.09. The molecule has 1 aromatic carbocycles. The molecule has 0 N–H and O–H groups in total. The van der Waals surface area contributed by atoms with Crippen LogP contribution >= 0.6 is 0 Å². The summed E-state index contributed by atoms with van der Waals surface area (Å²) in [7, 11) is 1.63. The van der Waals surface area contributed by atoms with E-state index in [1.165, 1.54) is 0 Å². The van der Waals surface area contributed by atoms with E-state index < -0.39 is 0 Å². The van der Waals surface area contributed by atoms with Gasteiger partial charge in [0.1, 0.15) is 5.75 Å². The van der Waals surface area contributed by atoms with Gasteiger partial charge >= 0.3 is 0 Å². The zero-order valence-corrected chi connectivity index (χ0v) is 8.34. The van der Waals surface area contributed by atoms with Crippen LogP contribution in [-0.4, -0.2) is 13.2 Å². The summed E-state index contributed by atoms with van der Waals surface area (Å²) in [5.74, 6) is 0.829. The molecule has 0 saturated heterocycles. The fraction of sp³-hybridized carbons (Fsp3) is 0.400. The van der Waals surface area contributed by atoms with Gasteiger partial charge in [0.15, 0.2) is 0 Å². The van der Waals surface area contributed by atoms with Crippen molar-refractivity contribution < 1.29 is 4.74 Å². The van der Waals surface area contributed by atoms with Crippen molar-refractivity contribution >= 4 is 0 Å². The van der Waals surface area contributed by atoms with Crippen molar-refractivity contribution in [1.82, 2.24) is 0 Å². The first kappa shape index (κ1) is 10.4. The normalized spacial score (nSPS) is 11.6. The van der Waals surface area contributed by atoms with Crippen molar-refractivity contribution in [3.8, 4) is 5.75 Å². The first-order valence-electron chi connectivity index (χ1n) is 4.43. The highest BCUT2D eigenvalue weighted by molar-refractivity contribution is 5.28. The number of nitrogens with zero attached hydrogens (tertiary/aromatic N) is 3. The lowest BCUT2D eigenvalue weighted by Crippen LogP contribution is -2.01. The van der Waals surface area contributed by atoms with E-state index in [2.05, 4.69) is 10.0 Å². The number of hydrogen-bond acceptors (Lipinski definition) is 2. The van der Waals surface area contributed by atoms with Gasteiger partial charge in [-0.05, 0) is 29.6 Å². The monoisotopic (exact) mass is 191 g/mol. The molecule has 1 atom stereocenters. The van der Waals surface area contributed by atoms with Crippen LogP contribution < -0.4 is 4.74 Å². The maximum absolute atomic E-state index is 8.25. The number of hydrogen-bond donors (Lipinski definition) is 0. The lowest BCUT2D eigenvalue weighted by Gasteiger charge is -2.06. The molecule has 0 aliphatic rings. The van der Waals surface area contributed by atoms with Crippen LogP contribution in [0.4, 0.5) is 0 Å². The molecule has 0 amide bonds. The highest BCUT2D eigenvalue weighted by Gasteiger charge is 2.01. The Labute approximate surface area is 83.1 Å². The molecule has 0 radical (unpaired) electrons. The van der Waals surface area contributed by atoms with Gasteiger partial charge in [0.2, 0.25) is 0 Å². The summed E-state index contributed by atoms with van der Waals surface area (Å²) in [6.45, 7) is 1.89. The van der Waals surface area contributed by atoms with Crippen molar-refractivity contribution in [2.45, 2.75) is 19.4 Å². The van der Waals surface area contributed by atoms with Gasteiger partial charge in [-0.3, -0.25) is 0 Å². The molecule has 0 aliphatic carbocycles. The van der Waals surface area contributed by atoms with Gasteiger partial charge in [-0.25, -0.2) is 0 Å². The Kier molecular flexibility index (Phi) is 3.83. The minimum atomic E-state index is -0.0212. The first-order chi connectivity index (χ1) is 6.76. The lowest BCUT2D eigenvalue weighted by molar-refractivity contribution is 0.414. The average molecular weight is 191 g/mol. The van der Waals surface area contributed by atoms with Crippen molar-refractivity contribution in [1.29, 1.82) is 0 Å². The highest BCUT2D eigenvalue weighted by atomic mass is 16.5. The van der Waals surface area contributed by atoms with Gasteiger partial charge in [0, 0.05) is 11.0 Å². The van der Waals surface area contributed by atoms with E-state index in [4.69, 9.17) is 10.3 Å². The summed E-state index contributed by atoms with van der Waals surface area (Å²) >= 11 is 0. The third-order valence-electron chi connectivity index (χ3n) is 1.91. The molecular formula is C10H13N3O. The predicted octanol–water partition coefficient (Wildman–Crippen LogP) is 2.94. The summed E-state index contributed by atoms with van der Waals surface area (Å²) in [6.07, 6.45) is 0.737. The third-order valence-corrected chi connectivity index (χ3v) is 1.91. The van der Waals surface area contributed by atoms with Crippen molar-refractivity contribution in [2.75, 3.05) is 7.11 Å². The fourth-order valence-corrected chi connectivity index (χ4v) is 1.27. The molecule has 1 aromatic rings. The van der Waals surface area contributed by atoms with E-state index in [0.29, 0.717) is 0 Å². The van der Waals surface area contributed by atoms with Crippen LogP contribution in [0.2, 0.25) is 0 Å². The van der Waals surface area contributed by atoms with Crippen LogP contribution in [0.25, 0.3) is 10.4 Å². The standard InChI is InChI=1S/C10H13N3O/c1-8(12-13-11)6-9-4-3-5-10(7-9)14-2/h3-5,7-8H,6H2,1-2H3. The van der Waals surface area contributed by atoms with Crippen LogP contribution in [-0.2, 0) is 6.42 Å². The Bertz CT molecular complexity index is 345. The van der Waals surface area contributed by atoms with E-state index in [-0.39, 0.29) is 6.04 Å². The largest absolute Gasteiger partial charge is 0.497 e. The number of rotatable bonds is 4. The van der Waals surface area contributed by atoms with E-state index in [1.54, 1.807) is 7.11 Å². The van der Waals surface area contributed by atoms with Crippen LogP contribution in [0, 0.1) is 0 Å². The van der Waals surface area contributed by atoms with Crippen LogP contribution in [0.1, 0.15) is 12.5 Å². The number of azide groups is 1. The van der Waals surface area contributed by atoms with E-state index in [9.17, 15) is 0 Å². The van der Waals surface area contributed by atoms with Crippen LogP contribution in [0.15, 0.2) is 29.4 Å². The number of benzene rings is 1. The SMILES string of the molecule is COc1cccc(CC(C)N=[N+]=[N-])c1. The molecule has 4 nitrogen and oxygen atoms in total. The summed E-state index contributed by atoms with van der Waals surface area (Å²) in [4.78, 5) is 2.77. The number of ether oxygens (including phenoxy) is 1. The molecule has 1 rings (SSSR count). The minimum Gasteiger partial charge on any atom is -0.497 e. The van der Waals surface area contributed by atoms with Crippen molar-refractivity contribution in [3.63, 3.8) is 0 Å². The zero-order valence-electron chi connectivity index (χ0n) is 8.34. The van der Waals surface area contributed by atoms with Gasteiger partial charge in [-0.2, -0.15) is 0 Å². The van der Waals surface area contributed by atoms with E-state index in [0.717, 1.165) is 17.7 Å². The molecule has 0 spiro atoms. The van der Waals surface area contributed by atoms with Crippen LogP contribution in [0.3, 0.4) is 0 Å². The smallest absolute Gasteiger partial charge is 0.119 e. The lowest BCUT2D eigenvalue weighted by atomic mass is 10.1. The quantitative estimate of drug-likeness (QED) is 0.410. The molecule has 74 valence electrons. The van der Waals surface area contributed by atoms with Gasteiger partial charge in [0.25, 0.3) is 0 Å². The molecule has 1 unspecified atom stereocenters. The predicted molar refractivity (Wildman–Crippen MR) is 55.3 cm³/mol. The second-order valence-corrected chi connectivity index (χ2v) is 3.11. The maximum atomic E-state index is 8.25. The molecule has 0 bridgehead atoms. The summed E-state index contributed by atoms with van der Waals surface area (Å²) in [5.41, 5.74) is 9.36. The molecule has 0 saturated carbocycles. The molecule has 14 heavy (non-hydrogen) atoms. The Balaban J connectivity index is 2.71. The van der Waals surface area contributed by atoms with Gasteiger partial charge < -0.3 is 4.74 Å². The maximum Gasteiger partial charge on any atom is 0.119 e. The number of methoxy groups -OCH3 is 1. The van der Waals surface area contributed by atoms with E-state index >= 15 is 0 Å². The zero-order chi connectivity index (χ0) is 10.4. The second kappa shape index (κ2) is 5.14. The molecular weight excluding hydrogens is 178 g/mol. The van der Waals surface area contributed by atoms with Crippen LogP contribution in [0.5, 0.6) is 5.75 Å². The Morgan fingerprint density at radius 2 is 2.36 bits per heavy atom. The molecule has 0 heterocycles. The second-order valence-electron chi connectivity index (χ2n) is 3.11. The molecule has 0 fully saturated rings. The summed E-state index contributed by atoms with van der Waals surface area (Å²) in [6, 6.07) is 7.74. The third kappa shape index (κ3) is 2.99. The Morgan fingerprint density at radius 1 is 1.57 bits per heavy atom. The molecule has 4 heteroatoms. The van der Waals surface area contributed by atoms with Crippen molar-refractivity contribution in [3.05, 3.63) is 40.3 Å². The first-order valence-corrected chi connectivity index (χ1v) is 4.43. The minimum absolute atomic E-state index is 0.0212. The van der Waals surface area contributed by atoms with E-state index in [1.807, 2.05) is 31.2 Å². The topological polar surface area (TPSA) is 58.0 Å². The summed E-state index contributed by atoms with van der Waals surface area (Å²) in [5, 5.41) is 3.62. The van der Waals surface area contributed by atoms with Gasteiger partial charge in [0.05, 0.1) is 7.11 Å². The molecule has 0 aromatic heterocycles. The fourth-order valence-electron chi connectivity index (χ4n) is 1.27. The average Bonchev–Trinajstić information content (AvgIpc) is 2.18. The van der Waals surface area contributed by atoms with Gasteiger partial charge in [-0.15, -0.1) is 0 Å². The highest BCUT2D eigenvalue weighted by Crippen LogP contribution is 2.14. The Morgan fingerprint density at radius 3 is 3.00 bits per heavy atom.